The minimum atomic E-state index is -0.691. The molecule has 2 aromatic rings. The number of rotatable bonds is 4. The Bertz CT molecular complexity index is 862. The maximum atomic E-state index is 12.4. The van der Waals surface area contributed by atoms with Crippen molar-refractivity contribution in [2.75, 3.05) is 12.1 Å². The number of hydrogen-bond acceptors (Lipinski definition) is 6. The molecule has 1 amide bonds. The number of benzene rings is 2. The highest BCUT2D eigenvalue weighted by atomic mass is 16.7. The highest BCUT2D eigenvalue weighted by Crippen LogP contribution is 2.37. The normalized spacial score (nSPS) is 11.9. The number of carbonyl (C=O) groups excluding carboxylic acids is 2. The van der Waals surface area contributed by atoms with Crippen molar-refractivity contribution in [2.24, 2.45) is 0 Å². The Morgan fingerprint density at radius 3 is 2.46 bits per heavy atom. The number of ketones is 1. The van der Waals surface area contributed by atoms with Gasteiger partial charge in [-0.3, -0.25) is 19.7 Å². The van der Waals surface area contributed by atoms with E-state index in [1.54, 1.807) is 0 Å². The second-order valence-corrected chi connectivity index (χ2v) is 5.04. The second kappa shape index (κ2) is 5.99. The zero-order valence-electron chi connectivity index (χ0n) is 12.6. The number of nitro groups is 1. The molecule has 24 heavy (non-hydrogen) atoms. The Morgan fingerprint density at radius 2 is 1.79 bits per heavy atom. The molecule has 1 aliphatic rings. The molecule has 2 aromatic carbocycles. The Hall–Kier alpha value is -3.42. The molecule has 0 fully saturated rings. The van der Waals surface area contributed by atoms with E-state index < -0.39 is 10.8 Å². The van der Waals surface area contributed by atoms with Crippen molar-refractivity contribution >= 4 is 23.1 Å². The van der Waals surface area contributed by atoms with Crippen LogP contribution in [0, 0.1) is 10.1 Å². The predicted octanol–water partition coefficient (Wildman–Crippen LogP) is 2.78. The summed E-state index contributed by atoms with van der Waals surface area (Å²) in [5, 5.41) is 13.6. The number of anilines is 1. The van der Waals surface area contributed by atoms with E-state index in [2.05, 4.69) is 5.32 Å². The van der Waals surface area contributed by atoms with Crippen molar-refractivity contribution in [1.82, 2.24) is 0 Å². The van der Waals surface area contributed by atoms with Crippen LogP contribution in [-0.2, 0) is 0 Å². The van der Waals surface area contributed by atoms with Gasteiger partial charge in [0.25, 0.3) is 11.6 Å². The average molecular weight is 328 g/mol. The molecule has 3 rings (SSSR count). The van der Waals surface area contributed by atoms with Crippen LogP contribution in [0.5, 0.6) is 11.5 Å². The third-order valence-corrected chi connectivity index (χ3v) is 3.49. The molecule has 0 atom stereocenters. The van der Waals surface area contributed by atoms with Crippen molar-refractivity contribution in [1.29, 1.82) is 0 Å². The lowest BCUT2D eigenvalue weighted by atomic mass is 10.1. The Labute approximate surface area is 136 Å². The van der Waals surface area contributed by atoms with E-state index in [1.165, 1.54) is 43.3 Å². The van der Waals surface area contributed by atoms with Gasteiger partial charge in [0.15, 0.2) is 17.3 Å². The molecule has 0 saturated carbocycles. The number of carbonyl (C=O) groups is 2. The van der Waals surface area contributed by atoms with Gasteiger partial charge in [0.05, 0.1) is 10.6 Å². The molecule has 1 heterocycles. The maximum Gasteiger partial charge on any atom is 0.282 e. The van der Waals surface area contributed by atoms with Crippen LogP contribution in [0.15, 0.2) is 36.4 Å². The average Bonchev–Trinajstić information content (AvgIpc) is 3.01. The fourth-order valence-corrected chi connectivity index (χ4v) is 2.35. The van der Waals surface area contributed by atoms with Gasteiger partial charge in [0.1, 0.15) is 5.56 Å². The van der Waals surface area contributed by atoms with Gasteiger partial charge in [-0.15, -0.1) is 0 Å². The summed E-state index contributed by atoms with van der Waals surface area (Å²) in [4.78, 5) is 34.6. The molecule has 122 valence electrons. The Morgan fingerprint density at radius 1 is 1.12 bits per heavy atom. The standard InChI is InChI=1S/C16H12N2O6/c1-9(19)11-6-14-15(24-8-23-14)7-12(11)17-16(20)10-4-2-3-5-13(10)18(21)22/h2-7H,8H2,1H3,(H,17,20). The molecule has 8 heteroatoms. The van der Waals surface area contributed by atoms with Crippen molar-refractivity contribution in [3.8, 4) is 11.5 Å². The molecule has 8 nitrogen and oxygen atoms in total. The van der Waals surface area contributed by atoms with Gasteiger partial charge in [-0.25, -0.2) is 0 Å². The van der Waals surface area contributed by atoms with Crippen molar-refractivity contribution < 1.29 is 24.0 Å². The van der Waals surface area contributed by atoms with Crippen molar-refractivity contribution in [3.05, 3.63) is 57.6 Å². The summed E-state index contributed by atoms with van der Waals surface area (Å²) in [6.45, 7) is 1.37. The number of para-hydroxylation sites is 1. The molecule has 0 unspecified atom stereocenters. The van der Waals surface area contributed by atoms with E-state index in [0.717, 1.165) is 0 Å². The van der Waals surface area contributed by atoms with E-state index >= 15 is 0 Å². The first-order valence-electron chi connectivity index (χ1n) is 6.96. The van der Waals surface area contributed by atoms with E-state index in [0.29, 0.717) is 11.5 Å². The molecule has 0 aromatic heterocycles. The zero-order chi connectivity index (χ0) is 17.3. The fraction of sp³-hybridized carbons (Fsp3) is 0.125. The number of amides is 1. The number of nitrogens with one attached hydrogen (secondary N) is 1. The lowest BCUT2D eigenvalue weighted by molar-refractivity contribution is -0.385. The lowest BCUT2D eigenvalue weighted by Gasteiger charge is -2.10. The van der Waals surface area contributed by atoms with Crippen molar-refractivity contribution in [3.63, 3.8) is 0 Å². The third-order valence-electron chi connectivity index (χ3n) is 3.49. The molecule has 1 N–H and O–H groups in total. The smallest absolute Gasteiger partial charge is 0.282 e. The van der Waals surface area contributed by atoms with Gasteiger partial charge >= 0.3 is 0 Å². The van der Waals surface area contributed by atoms with E-state index in [1.807, 2.05) is 0 Å². The molecule has 0 bridgehead atoms. The SMILES string of the molecule is CC(=O)c1cc2c(cc1NC(=O)c1ccccc1[N+](=O)[O-])OCO2. The van der Waals surface area contributed by atoms with Gasteiger partial charge < -0.3 is 14.8 Å². The first kappa shape index (κ1) is 15.5. The summed E-state index contributed by atoms with van der Waals surface area (Å²) in [7, 11) is 0. The number of nitrogens with zero attached hydrogens (tertiary/aromatic N) is 1. The summed E-state index contributed by atoms with van der Waals surface area (Å²) in [5.74, 6) is -0.184. The summed E-state index contributed by atoms with van der Waals surface area (Å²) in [5.41, 5.74) is 0.0101. The van der Waals surface area contributed by atoms with Gasteiger partial charge in [0, 0.05) is 17.7 Å². The number of hydrogen-bond donors (Lipinski definition) is 1. The lowest BCUT2D eigenvalue weighted by Crippen LogP contribution is -2.16. The highest BCUT2D eigenvalue weighted by Gasteiger charge is 2.23. The first-order chi connectivity index (χ1) is 11.5. The van der Waals surface area contributed by atoms with Crippen LogP contribution >= 0.6 is 0 Å². The fourth-order valence-electron chi connectivity index (χ4n) is 2.35. The number of nitro benzene ring substituents is 1. The van der Waals surface area contributed by atoms with Crippen LogP contribution in [0.3, 0.4) is 0 Å². The number of Topliss-reactive ketones (excluding diaryl/α,β-unsaturated/α-hetero) is 1. The van der Waals surface area contributed by atoms with Gasteiger partial charge in [0.2, 0.25) is 6.79 Å². The third kappa shape index (κ3) is 2.76. The number of fused-ring (bicyclic) bond motifs is 1. The van der Waals surface area contributed by atoms with Gasteiger partial charge in [-0.1, -0.05) is 12.1 Å². The van der Waals surface area contributed by atoms with Crippen molar-refractivity contribution in [2.45, 2.75) is 6.92 Å². The zero-order valence-corrected chi connectivity index (χ0v) is 12.6. The maximum absolute atomic E-state index is 12.4. The Kier molecular flexibility index (Phi) is 3.87. The molecule has 0 saturated heterocycles. The monoisotopic (exact) mass is 328 g/mol. The van der Waals surface area contributed by atoms with E-state index in [4.69, 9.17) is 9.47 Å². The van der Waals surface area contributed by atoms with Crippen LogP contribution in [0.1, 0.15) is 27.6 Å². The predicted molar refractivity (Wildman–Crippen MR) is 83.6 cm³/mol. The largest absolute Gasteiger partial charge is 0.454 e. The molecule has 0 radical (unpaired) electrons. The summed E-state index contributed by atoms with van der Waals surface area (Å²) >= 11 is 0. The molecule has 0 aliphatic carbocycles. The molecule has 1 aliphatic heterocycles. The van der Waals surface area contributed by atoms with Gasteiger partial charge in [-0.05, 0) is 19.1 Å². The quantitative estimate of drug-likeness (QED) is 0.525. The minimum absolute atomic E-state index is 0.0221. The van der Waals surface area contributed by atoms with Crippen LogP contribution in [0.4, 0.5) is 11.4 Å². The van der Waals surface area contributed by atoms with Crippen LogP contribution < -0.4 is 14.8 Å². The van der Waals surface area contributed by atoms with Crippen LogP contribution in [-0.4, -0.2) is 23.4 Å². The van der Waals surface area contributed by atoms with E-state index in [9.17, 15) is 19.7 Å². The summed E-state index contributed by atoms with van der Waals surface area (Å²) in [6, 6.07) is 8.50. The number of ether oxygens (including phenoxy) is 2. The molecule has 0 spiro atoms. The van der Waals surface area contributed by atoms with E-state index in [-0.39, 0.29) is 35.1 Å². The van der Waals surface area contributed by atoms with Crippen LogP contribution in [0.25, 0.3) is 0 Å². The second-order valence-electron chi connectivity index (χ2n) is 5.04. The summed E-state index contributed by atoms with van der Waals surface area (Å²) in [6.07, 6.45) is 0. The molecular formula is C16H12N2O6. The topological polar surface area (TPSA) is 108 Å². The van der Waals surface area contributed by atoms with Crippen LogP contribution in [0.2, 0.25) is 0 Å². The first-order valence-corrected chi connectivity index (χ1v) is 6.96. The molecular weight excluding hydrogens is 316 g/mol. The Balaban J connectivity index is 1.98. The summed E-state index contributed by atoms with van der Waals surface area (Å²) < 4.78 is 10.4. The van der Waals surface area contributed by atoms with Gasteiger partial charge in [-0.2, -0.15) is 0 Å². The minimum Gasteiger partial charge on any atom is -0.454 e. The highest BCUT2D eigenvalue weighted by molar-refractivity contribution is 6.11.